The molecule has 1 aliphatic heterocycles. The predicted molar refractivity (Wildman–Crippen MR) is 51.0 cm³/mol. The van der Waals surface area contributed by atoms with Crippen molar-refractivity contribution in [2.45, 2.75) is 39.7 Å². The Morgan fingerprint density at radius 3 is 2.67 bits per heavy atom. The molecule has 1 rings (SSSR count). The van der Waals surface area contributed by atoms with E-state index in [0.717, 1.165) is 26.1 Å². The highest BCUT2D eigenvalue weighted by molar-refractivity contribution is 4.87. The van der Waals surface area contributed by atoms with Gasteiger partial charge in [0.25, 0.3) is 0 Å². The Bertz CT molecular complexity index is 139. The molecule has 0 aromatic rings. The van der Waals surface area contributed by atoms with Crippen LogP contribution in [-0.2, 0) is 4.74 Å². The molecule has 72 valence electrons. The van der Waals surface area contributed by atoms with E-state index in [0.29, 0.717) is 12.0 Å². The van der Waals surface area contributed by atoms with E-state index < -0.39 is 0 Å². The molecule has 2 atom stereocenters. The monoisotopic (exact) mass is 171 g/mol. The quantitative estimate of drug-likeness (QED) is 0.702. The molecule has 0 aromatic heterocycles. The molecule has 1 heterocycles. The molecule has 2 heteroatoms. The first-order valence-corrected chi connectivity index (χ1v) is 4.91. The largest absolute Gasteiger partial charge is 0.381 e. The topological polar surface area (TPSA) is 35.2 Å². The maximum Gasteiger partial charge on any atom is 0.0510 e. The van der Waals surface area contributed by atoms with Crippen LogP contribution in [0.2, 0.25) is 0 Å². The Labute approximate surface area is 75.5 Å². The summed E-state index contributed by atoms with van der Waals surface area (Å²) >= 11 is 0. The van der Waals surface area contributed by atoms with Crippen LogP contribution < -0.4 is 5.73 Å². The van der Waals surface area contributed by atoms with Gasteiger partial charge >= 0.3 is 0 Å². The first-order valence-electron chi connectivity index (χ1n) is 4.91. The van der Waals surface area contributed by atoms with E-state index in [2.05, 4.69) is 20.8 Å². The third-order valence-electron chi connectivity index (χ3n) is 3.29. The molecule has 0 aliphatic carbocycles. The summed E-state index contributed by atoms with van der Waals surface area (Å²) in [5, 5.41) is 0. The number of rotatable bonds is 3. The average Bonchev–Trinajstić information content (AvgIpc) is 2.55. The Kier molecular flexibility index (Phi) is 3.13. The minimum Gasteiger partial charge on any atom is -0.381 e. The normalized spacial score (nSPS) is 27.5. The van der Waals surface area contributed by atoms with Crippen LogP contribution >= 0.6 is 0 Å². The van der Waals surface area contributed by atoms with E-state index in [1.165, 1.54) is 0 Å². The fraction of sp³-hybridized carbons (Fsp3) is 1.00. The van der Waals surface area contributed by atoms with Crippen LogP contribution in [0.5, 0.6) is 0 Å². The second-order valence-corrected chi connectivity index (χ2v) is 4.49. The lowest BCUT2D eigenvalue weighted by Gasteiger charge is -2.34. The van der Waals surface area contributed by atoms with Crippen LogP contribution in [0.1, 0.15) is 33.6 Å². The van der Waals surface area contributed by atoms with Gasteiger partial charge in [-0.3, -0.25) is 0 Å². The first kappa shape index (κ1) is 10.0. The molecule has 1 fully saturated rings. The lowest BCUT2D eigenvalue weighted by molar-refractivity contribution is 0.152. The highest BCUT2D eigenvalue weighted by Crippen LogP contribution is 2.31. The second-order valence-electron chi connectivity index (χ2n) is 4.49. The number of hydrogen-bond donors (Lipinski definition) is 1. The Balaban J connectivity index is 2.50. The summed E-state index contributed by atoms with van der Waals surface area (Å²) in [7, 11) is 0. The van der Waals surface area contributed by atoms with Crippen molar-refractivity contribution in [1.82, 2.24) is 0 Å². The van der Waals surface area contributed by atoms with Crippen LogP contribution in [0, 0.1) is 11.3 Å². The minimum absolute atomic E-state index is 0.262. The summed E-state index contributed by atoms with van der Waals surface area (Å²) in [5.41, 5.74) is 6.45. The molecule has 12 heavy (non-hydrogen) atoms. The summed E-state index contributed by atoms with van der Waals surface area (Å²) < 4.78 is 5.34. The van der Waals surface area contributed by atoms with Gasteiger partial charge in [0, 0.05) is 18.6 Å². The maximum atomic E-state index is 6.19. The van der Waals surface area contributed by atoms with E-state index in [-0.39, 0.29) is 5.41 Å². The van der Waals surface area contributed by atoms with E-state index in [4.69, 9.17) is 10.5 Å². The number of ether oxygens (including phenoxy) is 1. The second kappa shape index (κ2) is 3.75. The van der Waals surface area contributed by atoms with Gasteiger partial charge in [0.15, 0.2) is 0 Å². The molecule has 2 nitrogen and oxygen atoms in total. The van der Waals surface area contributed by atoms with E-state index >= 15 is 0 Å². The van der Waals surface area contributed by atoms with Crippen LogP contribution in [-0.4, -0.2) is 19.3 Å². The average molecular weight is 171 g/mol. The summed E-state index contributed by atoms with van der Waals surface area (Å²) in [5.74, 6) is 0.583. The third-order valence-corrected chi connectivity index (χ3v) is 3.29. The van der Waals surface area contributed by atoms with Gasteiger partial charge in [0.1, 0.15) is 0 Å². The molecule has 2 N–H and O–H groups in total. The lowest BCUT2D eigenvalue weighted by Crippen LogP contribution is -2.43. The summed E-state index contributed by atoms with van der Waals surface area (Å²) in [6.07, 6.45) is 2.29. The van der Waals surface area contributed by atoms with Crippen molar-refractivity contribution in [3.63, 3.8) is 0 Å². The minimum atomic E-state index is 0.262. The fourth-order valence-corrected chi connectivity index (χ4v) is 1.71. The van der Waals surface area contributed by atoms with Gasteiger partial charge in [-0.15, -0.1) is 0 Å². The van der Waals surface area contributed by atoms with Gasteiger partial charge in [-0.2, -0.15) is 0 Å². The molecular formula is C10H21NO. The smallest absolute Gasteiger partial charge is 0.0510 e. The molecular weight excluding hydrogens is 150 g/mol. The molecule has 1 aliphatic rings. The maximum absolute atomic E-state index is 6.19. The molecule has 1 saturated heterocycles. The van der Waals surface area contributed by atoms with Crippen molar-refractivity contribution >= 4 is 0 Å². The standard InChI is InChI=1S/C10H21NO/c1-4-10(2,3)9(11)8-5-6-12-7-8/h8-9H,4-7,11H2,1-3H3. The SMILES string of the molecule is CCC(C)(C)C(N)C1CCOC1. The molecule has 0 spiro atoms. The molecule has 2 unspecified atom stereocenters. The van der Waals surface area contributed by atoms with Crippen LogP contribution in [0.3, 0.4) is 0 Å². The van der Waals surface area contributed by atoms with Crippen molar-refractivity contribution < 1.29 is 4.74 Å². The number of nitrogens with two attached hydrogens (primary N) is 1. The zero-order valence-electron chi connectivity index (χ0n) is 8.47. The van der Waals surface area contributed by atoms with Crippen LogP contribution in [0.15, 0.2) is 0 Å². The molecule has 0 radical (unpaired) electrons. The molecule has 0 aromatic carbocycles. The van der Waals surface area contributed by atoms with E-state index in [9.17, 15) is 0 Å². The first-order chi connectivity index (χ1) is 5.58. The van der Waals surface area contributed by atoms with Crippen molar-refractivity contribution in [2.75, 3.05) is 13.2 Å². The highest BCUT2D eigenvalue weighted by Gasteiger charge is 2.33. The Hall–Kier alpha value is -0.0800. The van der Waals surface area contributed by atoms with Gasteiger partial charge in [-0.25, -0.2) is 0 Å². The molecule has 0 saturated carbocycles. The van der Waals surface area contributed by atoms with Crippen molar-refractivity contribution in [2.24, 2.45) is 17.1 Å². The summed E-state index contributed by atoms with van der Waals surface area (Å²) in [4.78, 5) is 0. The Morgan fingerprint density at radius 2 is 2.25 bits per heavy atom. The van der Waals surface area contributed by atoms with Gasteiger partial charge in [0.05, 0.1) is 6.61 Å². The highest BCUT2D eigenvalue weighted by atomic mass is 16.5. The zero-order chi connectivity index (χ0) is 9.19. The summed E-state index contributed by atoms with van der Waals surface area (Å²) in [6, 6.07) is 0.296. The van der Waals surface area contributed by atoms with Crippen molar-refractivity contribution in [3.05, 3.63) is 0 Å². The summed E-state index contributed by atoms with van der Waals surface area (Å²) in [6.45, 7) is 8.46. The lowest BCUT2D eigenvalue weighted by atomic mass is 9.76. The van der Waals surface area contributed by atoms with E-state index in [1.807, 2.05) is 0 Å². The van der Waals surface area contributed by atoms with Crippen molar-refractivity contribution in [1.29, 1.82) is 0 Å². The van der Waals surface area contributed by atoms with Gasteiger partial charge in [-0.05, 0) is 18.3 Å². The van der Waals surface area contributed by atoms with E-state index in [1.54, 1.807) is 0 Å². The van der Waals surface area contributed by atoms with Crippen molar-refractivity contribution in [3.8, 4) is 0 Å². The number of hydrogen-bond acceptors (Lipinski definition) is 2. The van der Waals surface area contributed by atoms with Gasteiger partial charge in [0.2, 0.25) is 0 Å². The zero-order valence-corrected chi connectivity index (χ0v) is 8.47. The third kappa shape index (κ3) is 1.99. The van der Waals surface area contributed by atoms with Gasteiger partial charge in [-0.1, -0.05) is 20.8 Å². The van der Waals surface area contributed by atoms with Crippen LogP contribution in [0.4, 0.5) is 0 Å². The predicted octanol–water partition coefficient (Wildman–Crippen LogP) is 1.79. The van der Waals surface area contributed by atoms with Gasteiger partial charge < -0.3 is 10.5 Å². The fourth-order valence-electron chi connectivity index (χ4n) is 1.71. The molecule has 0 amide bonds. The van der Waals surface area contributed by atoms with Crippen LogP contribution in [0.25, 0.3) is 0 Å². The molecule has 0 bridgehead atoms. The Morgan fingerprint density at radius 1 is 1.58 bits per heavy atom.